The minimum atomic E-state index is -0.335. The standard InChI is InChI=1S/C13H16O4S/c1-2-16-12(14)8-10-9(5-6-17-10)13(15)11-4-3-7-18-11/h3-4,7,9-10H,2,5-6,8H2,1H3/t9-,10+/m1/s1. The molecule has 1 aromatic heterocycles. The normalized spacial score (nSPS) is 22.9. The number of esters is 1. The number of hydrogen-bond donors (Lipinski definition) is 0. The van der Waals surface area contributed by atoms with Gasteiger partial charge in [-0.3, -0.25) is 9.59 Å². The quantitative estimate of drug-likeness (QED) is 0.607. The van der Waals surface area contributed by atoms with Gasteiger partial charge in [0.05, 0.1) is 29.9 Å². The average molecular weight is 268 g/mol. The molecule has 0 bridgehead atoms. The largest absolute Gasteiger partial charge is 0.466 e. The Labute approximate surface area is 110 Å². The van der Waals surface area contributed by atoms with Gasteiger partial charge in [-0.15, -0.1) is 11.3 Å². The molecule has 0 unspecified atom stereocenters. The van der Waals surface area contributed by atoms with Gasteiger partial charge in [0.2, 0.25) is 0 Å². The first-order chi connectivity index (χ1) is 8.72. The molecule has 4 nitrogen and oxygen atoms in total. The van der Waals surface area contributed by atoms with Crippen molar-refractivity contribution in [3.63, 3.8) is 0 Å². The average Bonchev–Trinajstić information content (AvgIpc) is 2.98. The second-order valence-electron chi connectivity index (χ2n) is 4.16. The van der Waals surface area contributed by atoms with Crippen LogP contribution in [0.1, 0.15) is 29.4 Å². The summed E-state index contributed by atoms with van der Waals surface area (Å²) in [4.78, 5) is 24.4. The third-order valence-corrected chi connectivity index (χ3v) is 3.87. The van der Waals surface area contributed by atoms with E-state index in [2.05, 4.69) is 0 Å². The summed E-state index contributed by atoms with van der Waals surface area (Å²) in [5, 5.41) is 1.88. The maximum absolute atomic E-state index is 12.2. The molecule has 0 aliphatic carbocycles. The van der Waals surface area contributed by atoms with Crippen molar-refractivity contribution >= 4 is 23.1 Å². The number of carbonyl (C=O) groups is 2. The molecule has 1 fully saturated rings. The third-order valence-electron chi connectivity index (χ3n) is 2.98. The molecule has 18 heavy (non-hydrogen) atoms. The van der Waals surface area contributed by atoms with Gasteiger partial charge in [-0.1, -0.05) is 6.07 Å². The molecule has 2 heterocycles. The molecule has 0 radical (unpaired) electrons. The number of Topliss-reactive ketones (excluding diaryl/α,β-unsaturated/α-hetero) is 1. The lowest BCUT2D eigenvalue weighted by molar-refractivity contribution is -0.145. The molecule has 1 aliphatic rings. The zero-order valence-corrected chi connectivity index (χ0v) is 11.1. The van der Waals surface area contributed by atoms with Gasteiger partial charge >= 0.3 is 5.97 Å². The fourth-order valence-electron chi connectivity index (χ4n) is 2.14. The fraction of sp³-hybridized carbons (Fsp3) is 0.538. The van der Waals surface area contributed by atoms with E-state index in [1.54, 1.807) is 6.92 Å². The van der Waals surface area contributed by atoms with Crippen LogP contribution < -0.4 is 0 Å². The highest BCUT2D eigenvalue weighted by Gasteiger charge is 2.36. The van der Waals surface area contributed by atoms with E-state index in [1.807, 2.05) is 17.5 Å². The van der Waals surface area contributed by atoms with Crippen LogP contribution in [-0.2, 0) is 14.3 Å². The van der Waals surface area contributed by atoms with Crippen molar-refractivity contribution in [2.75, 3.05) is 13.2 Å². The molecule has 2 atom stereocenters. The zero-order chi connectivity index (χ0) is 13.0. The molecule has 0 saturated carbocycles. The van der Waals surface area contributed by atoms with Crippen molar-refractivity contribution in [3.8, 4) is 0 Å². The summed E-state index contributed by atoms with van der Waals surface area (Å²) in [6.07, 6.45) is 0.509. The van der Waals surface area contributed by atoms with E-state index in [0.717, 1.165) is 4.88 Å². The predicted octanol–water partition coefficient (Wildman–Crippen LogP) is 2.29. The molecule has 1 aromatic rings. The van der Waals surface area contributed by atoms with E-state index in [0.29, 0.717) is 19.6 Å². The molecular formula is C13H16O4S. The van der Waals surface area contributed by atoms with Gasteiger partial charge in [-0.2, -0.15) is 0 Å². The summed E-state index contributed by atoms with van der Waals surface area (Å²) in [6.45, 7) is 2.66. The molecule has 0 spiro atoms. The van der Waals surface area contributed by atoms with Crippen LogP contribution in [0.15, 0.2) is 17.5 Å². The molecule has 0 amide bonds. The van der Waals surface area contributed by atoms with E-state index in [9.17, 15) is 9.59 Å². The smallest absolute Gasteiger partial charge is 0.308 e. The monoisotopic (exact) mass is 268 g/mol. The minimum absolute atomic E-state index is 0.0804. The summed E-state index contributed by atoms with van der Waals surface area (Å²) in [7, 11) is 0. The van der Waals surface area contributed by atoms with E-state index in [4.69, 9.17) is 9.47 Å². The zero-order valence-electron chi connectivity index (χ0n) is 10.3. The number of rotatable bonds is 5. The summed E-state index contributed by atoms with van der Waals surface area (Å²) < 4.78 is 10.4. The van der Waals surface area contributed by atoms with Crippen LogP contribution in [-0.4, -0.2) is 31.1 Å². The van der Waals surface area contributed by atoms with Gasteiger partial charge < -0.3 is 9.47 Å². The Morgan fingerprint density at radius 2 is 2.39 bits per heavy atom. The number of thiophene rings is 1. The lowest BCUT2D eigenvalue weighted by Crippen LogP contribution is -2.27. The number of ether oxygens (including phenoxy) is 2. The van der Waals surface area contributed by atoms with Crippen LogP contribution in [0.2, 0.25) is 0 Å². The fourth-order valence-corrected chi connectivity index (χ4v) is 2.86. The van der Waals surface area contributed by atoms with Gasteiger partial charge in [-0.05, 0) is 24.8 Å². The van der Waals surface area contributed by atoms with Crippen molar-refractivity contribution in [2.24, 2.45) is 5.92 Å². The Bertz CT molecular complexity index is 413. The van der Waals surface area contributed by atoms with Crippen LogP contribution in [0.4, 0.5) is 0 Å². The van der Waals surface area contributed by atoms with Crippen molar-refractivity contribution in [2.45, 2.75) is 25.9 Å². The Kier molecular flexibility index (Phi) is 4.49. The highest BCUT2D eigenvalue weighted by Crippen LogP contribution is 2.28. The van der Waals surface area contributed by atoms with Crippen molar-refractivity contribution in [1.82, 2.24) is 0 Å². The van der Waals surface area contributed by atoms with E-state index in [-0.39, 0.29) is 30.2 Å². The molecule has 0 aromatic carbocycles. The van der Waals surface area contributed by atoms with Gasteiger partial charge in [-0.25, -0.2) is 0 Å². The molecule has 98 valence electrons. The van der Waals surface area contributed by atoms with Crippen molar-refractivity contribution < 1.29 is 19.1 Å². The highest BCUT2D eigenvalue weighted by molar-refractivity contribution is 7.12. The van der Waals surface area contributed by atoms with Gasteiger partial charge in [0, 0.05) is 6.61 Å². The second-order valence-corrected chi connectivity index (χ2v) is 5.10. The van der Waals surface area contributed by atoms with E-state index >= 15 is 0 Å². The SMILES string of the molecule is CCOC(=O)C[C@@H]1OCC[C@H]1C(=O)c1cccs1. The van der Waals surface area contributed by atoms with Crippen molar-refractivity contribution in [1.29, 1.82) is 0 Å². The summed E-state index contributed by atoms with van der Waals surface area (Å²) in [5.41, 5.74) is 0. The number of ketones is 1. The Morgan fingerprint density at radius 1 is 1.56 bits per heavy atom. The molecule has 0 N–H and O–H groups in total. The molecule has 5 heteroatoms. The molecular weight excluding hydrogens is 252 g/mol. The van der Waals surface area contributed by atoms with Crippen LogP contribution >= 0.6 is 11.3 Å². The Hall–Kier alpha value is -1.20. The summed E-state index contributed by atoms with van der Waals surface area (Å²) >= 11 is 1.43. The Balaban J connectivity index is 1.99. The summed E-state index contributed by atoms with van der Waals surface area (Å²) in [5.74, 6) is -0.432. The maximum atomic E-state index is 12.2. The van der Waals surface area contributed by atoms with Gasteiger partial charge in [0.25, 0.3) is 0 Å². The lowest BCUT2D eigenvalue weighted by Gasteiger charge is -2.15. The molecule has 1 saturated heterocycles. The van der Waals surface area contributed by atoms with Crippen LogP contribution in [0, 0.1) is 5.92 Å². The third kappa shape index (κ3) is 2.97. The molecule has 2 rings (SSSR count). The predicted molar refractivity (Wildman–Crippen MR) is 67.7 cm³/mol. The Morgan fingerprint density at radius 3 is 3.06 bits per heavy atom. The second kappa shape index (κ2) is 6.11. The first-order valence-corrected chi connectivity index (χ1v) is 6.95. The first-order valence-electron chi connectivity index (χ1n) is 6.07. The maximum Gasteiger partial charge on any atom is 0.308 e. The topological polar surface area (TPSA) is 52.6 Å². The highest BCUT2D eigenvalue weighted by atomic mass is 32.1. The molecule has 1 aliphatic heterocycles. The lowest BCUT2D eigenvalue weighted by atomic mass is 9.93. The minimum Gasteiger partial charge on any atom is -0.466 e. The van der Waals surface area contributed by atoms with Gasteiger partial charge in [0.15, 0.2) is 5.78 Å². The number of carbonyl (C=O) groups excluding carboxylic acids is 2. The van der Waals surface area contributed by atoms with Crippen LogP contribution in [0.5, 0.6) is 0 Å². The summed E-state index contributed by atoms with van der Waals surface area (Å²) in [6, 6.07) is 3.67. The van der Waals surface area contributed by atoms with Gasteiger partial charge in [0.1, 0.15) is 0 Å². The van der Waals surface area contributed by atoms with E-state index < -0.39 is 0 Å². The van der Waals surface area contributed by atoms with Crippen molar-refractivity contribution in [3.05, 3.63) is 22.4 Å². The van der Waals surface area contributed by atoms with E-state index in [1.165, 1.54) is 11.3 Å². The number of hydrogen-bond acceptors (Lipinski definition) is 5. The van der Waals surface area contributed by atoms with Crippen LogP contribution in [0.25, 0.3) is 0 Å². The first kappa shape index (κ1) is 13.2. The van der Waals surface area contributed by atoms with Crippen LogP contribution in [0.3, 0.4) is 0 Å².